The van der Waals surface area contributed by atoms with Crippen LogP contribution in [0, 0.1) is 0 Å². The first-order chi connectivity index (χ1) is 17.7. The van der Waals surface area contributed by atoms with Crippen LogP contribution in [0.2, 0.25) is 15.1 Å². The smallest absolute Gasteiger partial charge is 0.271 e. The number of carbonyl (C=O) groups is 1. The highest BCUT2D eigenvalue weighted by Crippen LogP contribution is 2.37. The summed E-state index contributed by atoms with van der Waals surface area (Å²) in [4.78, 5) is 17.3. The molecular formula is C26H22Cl3N3O4S. The molecule has 1 heterocycles. The molecule has 4 aromatic rings. The monoisotopic (exact) mass is 577 g/mol. The van der Waals surface area contributed by atoms with E-state index in [-0.39, 0.29) is 29.5 Å². The molecule has 4 rings (SSSR count). The molecule has 0 saturated carbocycles. The number of imidazole rings is 1. The molecule has 1 amide bonds. The van der Waals surface area contributed by atoms with E-state index in [0.717, 1.165) is 0 Å². The zero-order valence-corrected chi connectivity index (χ0v) is 22.7. The largest absolute Gasteiger partial charge is 0.395 e. The van der Waals surface area contributed by atoms with Crippen LogP contribution in [0.3, 0.4) is 0 Å². The van der Waals surface area contributed by atoms with Gasteiger partial charge in [0.15, 0.2) is 9.84 Å². The lowest BCUT2D eigenvalue weighted by atomic mass is 10.1. The molecule has 0 unspecified atom stereocenters. The summed E-state index contributed by atoms with van der Waals surface area (Å²) in [7, 11) is -3.37. The predicted molar refractivity (Wildman–Crippen MR) is 147 cm³/mol. The molecule has 2 N–H and O–H groups in total. The van der Waals surface area contributed by atoms with Gasteiger partial charge in [0.05, 0.1) is 43.6 Å². The Balaban J connectivity index is 1.83. The summed E-state index contributed by atoms with van der Waals surface area (Å²) >= 11 is 19.6. The molecule has 7 nitrogen and oxygen atoms in total. The van der Waals surface area contributed by atoms with Gasteiger partial charge in [-0.1, -0.05) is 66.0 Å². The van der Waals surface area contributed by atoms with Crippen molar-refractivity contribution in [2.75, 3.05) is 18.9 Å². The molecule has 192 valence electrons. The second-order valence-electron chi connectivity index (χ2n) is 7.99. The maximum atomic E-state index is 12.6. The average Bonchev–Trinajstić information content (AvgIpc) is 3.32. The maximum absolute atomic E-state index is 12.6. The van der Waals surface area contributed by atoms with E-state index in [1.54, 1.807) is 72.2 Å². The number of benzene rings is 3. The lowest BCUT2D eigenvalue weighted by Gasteiger charge is -2.13. The summed E-state index contributed by atoms with van der Waals surface area (Å²) in [5, 5.41) is 12.6. The molecular weight excluding hydrogens is 557 g/mol. The van der Waals surface area contributed by atoms with Gasteiger partial charge >= 0.3 is 0 Å². The third-order valence-electron chi connectivity index (χ3n) is 5.64. The Morgan fingerprint density at radius 1 is 0.973 bits per heavy atom. The van der Waals surface area contributed by atoms with E-state index in [1.807, 2.05) is 0 Å². The third kappa shape index (κ3) is 5.68. The van der Waals surface area contributed by atoms with Gasteiger partial charge in [-0.25, -0.2) is 13.4 Å². The first-order valence-corrected chi connectivity index (χ1v) is 14.0. The molecule has 0 aliphatic rings. The molecule has 0 aliphatic heterocycles. The molecule has 0 fully saturated rings. The van der Waals surface area contributed by atoms with E-state index in [0.29, 0.717) is 43.3 Å². The van der Waals surface area contributed by atoms with E-state index in [1.165, 1.54) is 6.20 Å². The molecule has 0 saturated heterocycles. The second kappa shape index (κ2) is 11.2. The summed E-state index contributed by atoms with van der Waals surface area (Å²) in [6.07, 6.45) is 1.51. The highest BCUT2D eigenvalue weighted by atomic mass is 35.5. The average molecular weight is 579 g/mol. The second-order valence-corrected chi connectivity index (χ2v) is 11.5. The van der Waals surface area contributed by atoms with Crippen LogP contribution in [-0.4, -0.2) is 47.9 Å². The van der Waals surface area contributed by atoms with Gasteiger partial charge in [-0.2, -0.15) is 0 Å². The lowest BCUT2D eigenvalue weighted by molar-refractivity contribution is 0.0940. The van der Waals surface area contributed by atoms with E-state index in [9.17, 15) is 13.2 Å². The Morgan fingerprint density at radius 3 is 2.30 bits per heavy atom. The highest BCUT2D eigenvalue weighted by molar-refractivity contribution is 7.91. The number of nitrogens with zero attached hydrogens (tertiary/aromatic N) is 2. The predicted octanol–water partition coefficient (Wildman–Crippen LogP) is 5.68. The molecule has 3 aromatic carbocycles. The number of carbonyl (C=O) groups excluding carboxylic acids is 1. The number of aromatic nitrogens is 2. The molecule has 0 spiro atoms. The van der Waals surface area contributed by atoms with Crippen LogP contribution in [-0.2, 0) is 9.84 Å². The maximum Gasteiger partial charge on any atom is 0.271 e. The minimum atomic E-state index is -3.37. The van der Waals surface area contributed by atoms with Gasteiger partial charge in [0.1, 0.15) is 11.5 Å². The molecule has 11 heteroatoms. The summed E-state index contributed by atoms with van der Waals surface area (Å²) in [5.74, 6) is -0.187. The zero-order chi connectivity index (χ0) is 26.7. The first kappa shape index (κ1) is 27.2. The van der Waals surface area contributed by atoms with Crippen molar-refractivity contribution >= 4 is 50.5 Å². The van der Waals surface area contributed by atoms with E-state index in [4.69, 9.17) is 39.9 Å². The van der Waals surface area contributed by atoms with Gasteiger partial charge in [0.25, 0.3) is 5.91 Å². The third-order valence-corrected chi connectivity index (χ3v) is 8.30. The van der Waals surface area contributed by atoms with Gasteiger partial charge in [0, 0.05) is 12.7 Å². The Bertz CT molecular complexity index is 1570. The van der Waals surface area contributed by atoms with Crippen molar-refractivity contribution in [2.24, 2.45) is 0 Å². The highest BCUT2D eigenvalue weighted by Gasteiger charge is 2.22. The Kier molecular flexibility index (Phi) is 8.26. The van der Waals surface area contributed by atoms with E-state index >= 15 is 0 Å². The number of halogens is 3. The van der Waals surface area contributed by atoms with Crippen molar-refractivity contribution < 1.29 is 18.3 Å². The van der Waals surface area contributed by atoms with Crippen molar-refractivity contribution in [2.45, 2.75) is 11.8 Å². The van der Waals surface area contributed by atoms with Crippen LogP contribution < -0.4 is 5.32 Å². The Labute approximate surface area is 229 Å². The molecule has 1 aromatic heterocycles. The fourth-order valence-corrected chi connectivity index (χ4v) is 5.50. The van der Waals surface area contributed by atoms with Crippen LogP contribution in [0.4, 0.5) is 0 Å². The number of hydrogen-bond donors (Lipinski definition) is 2. The van der Waals surface area contributed by atoms with Gasteiger partial charge < -0.3 is 10.4 Å². The molecule has 0 bridgehead atoms. The number of sulfone groups is 1. The number of aliphatic hydroxyl groups is 1. The molecule has 37 heavy (non-hydrogen) atoms. The summed E-state index contributed by atoms with van der Waals surface area (Å²) in [5.41, 5.74) is 2.40. The summed E-state index contributed by atoms with van der Waals surface area (Å²) in [6.45, 7) is 1.44. The number of nitrogens with one attached hydrogen (secondary N) is 1. The van der Waals surface area contributed by atoms with Crippen LogP contribution in [0.15, 0.2) is 71.8 Å². The van der Waals surface area contributed by atoms with Gasteiger partial charge in [0.2, 0.25) is 0 Å². The zero-order valence-electron chi connectivity index (χ0n) is 19.6. The van der Waals surface area contributed by atoms with Crippen molar-refractivity contribution in [1.82, 2.24) is 14.9 Å². The van der Waals surface area contributed by atoms with Crippen LogP contribution >= 0.6 is 34.8 Å². The van der Waals surface area contributed by atoms with Gasteiger partial charge in [-0.05, 0) is 47.5 Å². The van der Waals surface area contributed by atoms with Crippen LogP contribution in [0.5, 0.6) is 0 Å². The molecule has 0 aliphatic carbocycles. The Hall–Kier alpha value is -2.88. The van der Waals surface area contributed by atoms with E-state index < -0.39 is 15.7 Å². The fourth-order valence-electron chi connectivity index (χ4n) is 3.74. The van der Waals surface area contributed by atoms with Crippen molar-refractivity contribution in [3.63, 3.8) is 0 Å². The molecule has 0 radical (unpaired) electrons. The number of aliphatic hydroxyl groups excluding tert-OH is 1. The number of hydrogen-bond acceptors (Lipinski definition) is 5. The minimum Gasteiger partial charge on any atom is -0.395 e. The quantitative estimate of drug-likeness (QED) is 0.280. The van der Waals surface area contributed by atoms with Crippen molar-refractivity contribution in [3.8, 4) is 28.2 Å². The van der Waals surface area contributed by atoms with Gasteiger partial charge in [-0.3, -0.25) is 9.36 Å². The standard InChI is InChI=1S/C26H22Cl3N3O4S/c1-2-37(35,36)18-6-3-5-16(13-18)17-9-10-23(21(29)14-17)32-15-22(26(34)30-11-12-33)31-25(32)24-19(27)7-4-8-20(24)28/h3-10,13-15,33H,2,11-12H2,1H3,(H,30,34). The van der Waals surface area contributed by atoms with Crippen molar-refractivity contribution in [3.05, 3.63) is 87.6 Å². The van der Waals surface area contributed by atoms with Crippen LogP contribution in [0.1, 0.15) is 17.4 Å². The summed E-state index contributed by atoms with van der Waals surface area (Å²) < 4.78 is 26.3. The topological polar surface area (TPSA) is 101 Å². The number of amides is 1. The SMILES string of the molecule is CCS(=O)(=O)c1cccc(-c2ccc(-n3cc(C(=O)NCCO)nc3-c3c(Cl)cccc3Cl)c(Cl)c2)c1. The summed E-state index contributed by atoms with van der Waals surface area (Å²) in [6, 6.07) is 16.9. The fraction of sp³-hybridized carbons (Fsp3) is 0.154. The van der Waals surface area contributed by atoms with Crippen molar-refractivity contribution in [1.29, 1.82) is 0 Å². The van der Waals surface area contributed by atoms with E-state index in [2.05, 4.69) is 10.3 Å². The normalized spacial score (nSPS) is 11.5. The van der Waals surface area contributed by atoms with Crippen LogP contribution in [0.25, 0.3) is 28.2 Å². The first-order valence-electron chi connectivity index (χ1n) is 11.2. The molecule has 0 atom stereocenters. The van der Waals surface area contributed by atoms with Gasteiger partial charge in [-0.15, -0.1) is 0 Å². The Morgan fingerprint density at radius 2 is 1.65 bits per heavy atom. The minimum absolute atomic E-state index is 0.00161. The number of rotatable bonds is 8. The lowest BCUT2D eigenvalue weighted by Crippen LogP contribution is -2.26.